The van der Waals surface area contributed by atoms with Gasteiger partial charge in [-0.3, -0.25) is 4.79 Å². The molecule has 1 aromatic heterocycles. The third-order valence-electron chi connectivity index (χ3n) is 6.50. The van der Waals surface area contributed by atoms with E-state index in [0.29, 0.717) is 19.7 Å². The quantitative estimate of drug-likeness (QED) is 0.409. The molecule has 0 spiro atoms. The van der Waals surface area contributed by atoms with E-state index in [1.165, 1.54) is 11.1 Å². The van der Waals surface area contributed by atoms with Crippen LogP contribution >= 0.6 is 0 Å². The van der Waals surface area contributed by atoms with Gasteiger partial charge in [-0.25, -0.2) is 0 Å². The first kappa shape index (κ1) is 24.1. The minimum atomic E-state index is 0.00138. The number of carbonyl (C=O) groups excluding carboxylic acids is 1. The van der Waals surface area contributed by atoms with Crippen molar-refractivity contribution in [1.29, 1.82) is 0 Å². The molecular formula is C29H35NO4. The molecule has 1 aliphatic rings. The smallest absolute Gasteiger partial charge is 0.247 e. The molecule has 2 aromatic carbocycles. The molecule has 34 heavy (non-hydrogen) atoms. The number of hydrogen-bond donors (Lipinski definition) is 0. The van der Waals surface area contributed by atoms with Crippen molar-refractivity contribution in [3.05, 3.63) is 58.9 Å². The molecule has 1 amide bonds. The Balaban J connectivity index is 1.81. The van der Waals surface area contributed by atoms with Crippen LogP contribution in [0.2, 0.25) is 0 Å². The van der Waals surface area contributed by atoms with E-state index in [1.54, 1.807) is 6.08 Å². The molecule has 1 aliphatic heterocycles. The Morgan fingerprint density at radius 3 is 2.47 bits per heavy atom. The summed E-state index contributed by atoms with van der Waals surface area (Å²) in [6.45, 7) is 15.9. The number of benzene rings is 2. The second-order valence-electron chi connectivity index (χ2n) is 9.48. The average molecular weight is 462 g/mol. The Morgan fingerprint density at radius 2 is 1.82 bits per heavy atom. The van der Waals surface area contributed by atoms with Gasteiger partial charge in [0, 0.05) is 41.2 Å². The number of hydrogen-bond acceptors (Lipinski definition) is 4. The van der Waals surface area contributed by atoms with Crippen LogP contribution in [0.1, 0.15) is 49.9 Å². The highest BCUT2D eigenvalue weighted by atomic mass is 16.5. The fourth-order valence-corrected chi connectivity index (χ4v) is 4.98. The van der Waals surface area contributed by atoms with Crippen LogP contribution in [0.25, 0.3) is 27.7 Å². The Hall–Kier alpha value is -3.05. The molecule has 2 unspecified atom stereocenters. The van der Waals surface area contributed by atoms with Crippen molar-refractivity contribution in [2.75, 3.05) is 19.7 Å². The molecule has 0 saturated carbocycles. The summed E-state index contributed by atoms with van der Waals surface area (Å²) in [4.78, 5) is 15.0. The summed E-state index contributed by atoms with van der Waals surface area (Å²) in [7, 11) is 0. The lowest BCUT2D eigenvalue weighted by atomic mass is 9.94. The van der Waals surface area contributed by atoms with E-state index < -0.39 is 0 Å². The molecule has 1 saturated heterocycles. The lowest BCUT2D eigenvalue weighted by Crippen LogP contribution is -2.47. The van der Waals surface area contributed by atoms with Gasteiger partial charge < -0.3 is 18.8 Å². The Kier molecular flexibility index (Phi) is 6.85. The van der Waals surface area contributed by atoms with E-state index in [2.05, 4.69) is 38.1 Å². The van der Waals surface area contributed by atoms with Gasteiger partial charge in [0.2, 0.25) is 5.91 Å². The molecule has 2 heterocycles. The molecule has 180 valence electrons. The first-order valence-electron chi connectivity index (χ1n) is 12.1. The minimum absolute atomic E-state index is 0.00138. The molecule has 0 radical (unpaired) electrons. The monoisotopic (exact) mass is 461 g/mol. The number of morpholine rings is 1. The summed E-state index contributed by atoms with van der Waals surface area (Å²) >= 11 is 0. The predicted molar refractivity (Wildman–Crippen MR) is 137 cm³/mol. The van der Waals surface area contributed by atoms with Gasteiger partial charge in [0.1, 0.15) is 11.3 Å². The highest BCUT2D eigenvalue weighted by Crippen LogP contribution is 2.41. The second kappa shape index (κ2) is 9.67. The molecule has 0 N–H and O–H groups in total. The van der Waals surface area contributed by atoms with Gasteiger partial charge in [-0.1, -0.05) is 23.8 Å². The van der Waals surface area contributed by atoms with Crippen LogP contribution < -0.4 is 4.74 Å². The van der Waals surface area contributed by atoms with Crippen LogP contribution in [0.3, 0.4) is 0 Å². The van der Waals surface area contributed by atoms with E-state index in [9.17, 15) is 4.79 Å². The molecule has 3 aromatic rings. The SMILES string of the molecule is CCOc1c(/C(C)=C/C(=O)N2CC(C)OC(C)C2)cc2c(-c3ccc(C)cc3C)coc2c1C. The summed E-state index contributed by atoms with van der Waals surface area (Å²) in [5.74, 6) is 0.767. The average Bonchev–Trinajstić information content (AvgIpc) is 3.19. The van der Waals surface area contributed by atoms with Gasteiger partial charge in [0.15, 0.2) is 0 Å². The number of ether oxygens (including phenoxy) is 2. The predicted octanol–water partition coefficient (Wildman–Crippen LogP) is 6.46. The zero-order chi connectivity index (χ0) is 24.6. The van der Waals surface area contributed by atoms with Crippen molar-refractivity contribution in [3.63, 3.8) is 0 Å². The van der Waals surface area contributed by atoms with E-state index >= 15 is 0 Å². The number of amides is 1. The third kappa shape index (κ3) is 4.62. The maximum Gasteiger partial charge on any atom is 0.247 e. The summed E-state index contributed by atoms with van der Waals surface area (Å²) in [5, 5.41) is 1.02. The molecule has 2 atom stereocenters. The first-order chi connectivity index (χ1) is 16.2. The minimum Gasteiger partial charge on any atom is -0.493 e. The van der Waals surface area contributed by atoms with Gasteiger partial charge >= 0.3 is 0 Å². The normalized spacial score (nSPS) is 19.0. The zero-order valence-electron chi connectivity index (χ0n) is 21.3. The fourth-order valence-electron chi connectivity index (χ4n) is 4.98. The fraction of sp³-hybridized carbons (Fsp3) is 0.414. The standard InChI is InChI=1S/C29H35NO4/c1-8-32-28-22(7)29-25(26(16-33-29)23-10-9-17(2)11-18(23)3)13-24(28)19(4)12-27(31)30-14-20(5)34-21(6)15-30/h9-13,16,20-21H,8,14-15H2,1-7H3/b19-12+. The summed E-state index contributed by atoms with van der Waals surface area (Å²) in [6.07, 6.45) is 3.62. The number of carbonyl (C=O) groups is 1. The summed E-state index contributed by atoms with van der Waals surface area (Å²) in [5.41, 5.74) is 8.18. The van der Waals surface area contributed by atoms with E-state index in [0.717, 1.165) is 44.5 Å². The van der Waals surface area contributed by atoms with Crippen molar-refractivity contribution in [2.24, 2.45) is 0 Å². The summed E-state index contributed by atoms with van der Waals surface area (Å²) < 4.78 is 17.9. The molecule has 5 nitrogen and oxygen atoms in total. The molecule has 0 aliphatic carbocycles. The van der Waals surface area contributed by atoms with Crippen LogP contribution in [0.4, 0.5) is 0 Å². The van der Waals surface area contributed by atoms with Crippen molar-refractivity contribution in [2.45, 2.75) is 60.7 Å². The van der Waals surface area contributed by atoms with E-state index in [4.69, 9.17) is 13.9 Å². The Bertz CT molecular complexity index is 1240. The topological polar surface area (TPSA) is 51.9 Å². The van der Waals surface area contributed by atoms with Gasteiger partial charge in [-0.2, -0.15) is 0 Å². The summed E-state index contributed by atoms with van der Waals surface area (Å²) in [6, 6.07) is 8.56. The van der Waals surface area contributed by atoms with Crippen molar-refractivity contribution in [3.8, 4) is 16.9 Å². The maximum absolute atomic E-state index is 13.1. The van der Waals surface area contributed by atoms with Crippen molar-refractivity contribution in [1.82, 2.24) is 4.90 Å². The Labute approximate surface area is 202 Å². The van der Waals surface area contributed by atoms with Crippen LogP contribution in [0.5, 0.6) is 5.75 Å². The number of nitrogens with zero attached hydrogens (tertiary/aromatic N) is 1. The van der Waals surface area contributed by atoms with Crippen molar-refractivity contribution >= 4 is 22.4 Å². The van der Waals surface area contributed by atoms with Crippen molar-refractivity contribution < 1.29 is 18.7 Å². The number of furan rings is 1. The van der Waals surface area contributed by atoms with Crippen LogP contribution in [0.15, 0.2) is 41.0 Å². The maximum atomic E-state index is 13.1. The van der Waals surface area contributed by atoms with Crippen LogP contribution in [-0.2, 0) is 9.53 Å². The molecule has 1 fully saturated rings. The number of fused-ring (bicyclic) bond motifs is 1. The molecule has 0 bridgehead atoms. The van der Waals surface area contributed by atoms with E-state index in [1.807, 2.05) is 45.8 Å². The largest absolute Gasteiger partial charge is 0.493 e. The highest BCUT2D eigenvalue weighted by Gasteiger charge is 2.26. The Morgan fingerprint density at radius 1 is 1.12 bits per heavy atom. The van der Waals surface area contributed by atoms with Gasteiger partial charge in [0.05, 0.1) is 25.1 Å². The van der Waals surface area contributed by atoms with Crippen LogP contribution in [0, 0.1) is 20.8 Å². The van der Waals surface area contributed by atoms with Gasteiger partial charge in [0.25, 0.3) is 0 Å². The zero-order valence-corrected chi connectivity index (χ0v) is 21.3. The lowest BCUT2D eigenvalue weighted by Gasteiger charge is -2.34. The first-order valence-corrected chi connectivity index (χ1v) is 12.1. The lowest BCUT2D eigenvalue weighted by molar-refractivity contribution is -0.137. The van der Waals surface area contributed by atoms with E-state index in [-0.39, 0.29) is 18.1 Å². The number of aryl methyl sites for hydroxylation is 3. The van der Waals surface area contributed by atoms with Crippen LogP contribution in [-0.4, -0.2) is 42.7 Å². The third-order valence-corrected chi connectivity index (χ3v) is 6.50. The molecule has 4 rings (SSSR count). The highest BCUT2D eigenvalue weighted by molar-refractivity contribution is 6.02. The molecular weight excluding hydrogens is 426 g/mol. The second-order valence-corrected chi connectivity index (χ2v) is 9.48. The number of allylic oxidation sites excluding steroid dienone is 1. The molecule has 5 heteroatoms. The van der Waals surface area contributed by atoms with Gasteiger partial charge in [-0.15, -0.1) is 0 Å². The van der Waals surface area contributed by atoms with Gasteiger partial charge in [-0.05, 0) is 71.2 Å². The number of rotatable bonds is 5.